The Kier molecular flexibility index (Phi) is 8.85. The lowest BCUT2D eigenvalue weighted by Gasteiger charge is -2.21. The first-order chi connectivity index (χ1) is 20.9. The van der Waals surface area contributed by atoms with Crippen LogP contribution >= 0.6 is 11.3 Å². The average molecular weight is 614 g/mol. The third-order valence-electron chi connectivity index (χ3n) is 6.98. The molecule has 3 aromatic carbocycles. The number of hydrogen-bond donors (Lipinski definition) is 3. The Balaban J connectivity index is 0.000000712. The van der Waals surface area contributed by atoms with Crippen molar-refractivity contribution in [3.8, 4) is 22.6 Å². The Labute approximate surface area is 259 Å². The topological polar surface area (TPSA) is 131 Å². The van der Waals surface area contributed by atoms with Crippen LogP contribution in [0.5, 0.6) is 11.5 Å². The summed E-state index contributed by atoms with van der Waals surface area (Å²) in [6.45, 7) is 8.06. The van der Waals surface area contributed by atoms with Crippen molar-refractivity contribution in [1.29, 1.82) is 0 Å². The average Bonchev–Trinajstić information content (AvgIpc) is 3.40. The summed E-state index contributed by atoms with van der Waals surface area (Å²) in [6.07, 6.45) is 2.40. The first kappa shape index (κ1) is 30.9. The summed E-state index contributed by atoms with van der Waals surface area (Å²) >= 11 is 1.26. The van der Waals surface area contributed by atoms with Crippen LogP contribution in [0.3, 0.4) is 0 Å². The van der Waals surface area contributed by atoms with Gasteiger partial charge in [0.1, 0.15) is 11.5 Å². The monoisotopic (exact) mass is 613 g/mol. The summed E-state index contributed by atoms with van der Waals surface area (Å²) in [5.41, 5.74) is 6.02. The van der Waals surface area contributed by atoms with Gasteiger partial charge < -0.3 is 25.0 Å². The molecule has 3 heterocycles. The highest BCUT2D eigenvalue weighted by atomic mass is 32.1. The molecule has 0 atom stereocenters. The Bertz CT molecular complexity index is 1840. The van der Waals surface area contributed by atoms with E-state index in [-0.39, 0.29) is 12.3 Å². The zero-order chi connectivity index (χ0) is 31.6. The molecule has 228 valence electrons. The minimum absolute atomic E-state index is 0.159. The van der Waals surface area contributed by atoms with Crippen LogP contribution in [-0.2, 0) is 24.2 Å². The van der Waals surface area contributed by atoms with Crippen LogP contribution in [0.1, 0.15) is 52.8 Å². The molecule has 0 bridgehead atoms. The van der Waals surface area contributed by atoms with Crippen molar-refractivity contribution in [1.82, 2.24) is 15.3 Å². The quantitative estimate of drug-likeness (QED) is 0.201. The van der Waals surface area contributed by atoms with Gasteiger partial charge in [0.05, 0.1) is 41.5 Å². The molecule has 0 saturated heterocycles. The van der Waals surface area contributed by atoms with Gasteiger partial charge >= 0.3 is 5.97 Å². The molecule has 2 aromatic heterocycles. The molecule has 44 heavy (non-hydrogen) atoms. The number of thiazole rings is 1. The van der Waals surface area contributed by atoms with Crippen LogP contribution in [-0.4, -0.2) is 51.4 Å². The van der Waals surface area contributed by atoms with E-state index in [0.717, 1.165) is 61.3 Å². The highest BCUT2D eigenvalue weighted by Crippen LogP contribution is 2.43. The molecule has 0 saturated carbocycles. The number of hydrogen-bond acceptors (Lipinski definition) is 8. The Hall–Kier alpha value is -4.54. The lowest BCUT2D eigenvalue weighted by molar-refractivity contribution is -0.136. The van der Waals surface area contributed by atoms with Crippen molar-refractivity contribution in [3.63, 3.8) is 0 Å². The van der Waals surface area contributed by atoms with E-state index in [0.29, 0.717) is 29.2 Å². The SMILES string of the molecule is CC(C)(C)O.COc1ccc(CNC(=O)c2nc3cc(C)c(CC(=O)O)c(-c4ccc5c6c(ccnc46)CCO5)c3s2)cc1. The van der Waals surface area contributed by atoms with E-state index < -0.39 is 11.6 Å². The van der Waals surface area contributed by atoms with Gasteiger partial charge in [-0.05, 0) is 86.3 Å². The molecular formula is C34H35N3O6S. The minimum Gasteiger partial charge on any atom is -0.497 e. The Morgan fingerprint density at radius 1 is 1.11 bits per heavy atom. The summed E-state index contributed by atoms with van der Waals surface area (Å²) in [5.74, 6) is 0.296. The number of benzene rings is 3. The normalized spacial score (nSPS) is 12.3. The van der Waals surface area contributed by atoms with Crippen molar-refractivity contribution in [2.75, 3.05) is 13.7 Å². The number of fused-ring (bicyclic) bond motifs is 1. The van der Waals surface area contributed by atoms with Gasteiger partial charge in [-0.25, -0.2) is 4.98 Å². The molecule has 3 N–H and O–H groups in total. The number of nitrogens with zero attached hydrogens (tertiary/aromatic N) is 2. The fourth-order valence-corrected chi connectivity index (χ4v) is 6.15. The number of aryl methyl sites for hydroxylation is 1. The molecule has 6 rings (SSSR count). The minimum atomic E-state index is -0.931. The lowest BCUT2D eigenvalue weighted by Crippen LogP contribution is -2.22. The first-order valence-electron chi connectivity index (χ1n) is 14.2. The van der Waals surface area contributed by atoms with Gasteiger partial charge in [0.15, 0.2) is 5.01 Å². The van der Waals surface area contributed by atoms with Gasteiger partial charge in [-0.15, -0.1) is 11.3 Å². The molecule has 0 fully saturated rings. The predicted octanol–water partition coefficient (Wildman–Crippen LogP) is 6.10. The fourth-order valence-electron chi connectivity index (χ4n) is 5.10. The summed E-state index contributed by atoms with van der Waals surface area (Å²) in [7, 11) is 1.61. The van der Waals surface area contributed by atoms with Crippen molar-refractivity contribution in [2.24, 2.45) is 0 Å². The predicted molar refractivity (Wildman–Crippen MR) is 172 cm³/mol. The van der Waals surface area contributed by atoms with Gasteiger partial charge in [-0.3, -0.25) is 14.6 Å². The van der Waals surface area contributed by atoms with E-state index in [1.54, 1.807) is 34.1 Å². The Morgan fingerprint density at radius 3 is 2.52 bits per heavy atom. The van der Waals surface area contributed by atoms with Gasteiger partial charge in [-0.2, -0.15) is 0 Å². The molecule has 0 unspecified atom stereocenters. The largest absolute Gasteiger partial charge is 0.497 e. The second-order valence-electron chi connectivity index (χ2n) is 11.6. The fraction of sp³-hybridized carbons (Fsp3) is 0.294. The molecule has 1 aliphatic heterocycles. The third-order valence-corrected chi connectivity index (χ3v) is 8.07. The molecule has 0 aliphatic carbocycles. The number of amides is 1. The highest BCUT2D eigenvalue weighted by molar-refractivity contribution is 7.20. The van der Waals surface area contributed by atoms with Crippen molar-refractivity contribution in [2.45, 2.75) is 52.7 Å². The second-order valence-corrected chi connectivity index (χ2v) is 12.6. The number of aliphatic hydroxyl groups is 1. The van der Waals surface area contributed by atoms with Crippen LogP contribution in [0.15, 0.2) is 54.7 Å². The number of carbonyl (C=O) groups excluding carboxylic acids is 1. The van der Waals surface area contributed by atoms with Gasteiger partial charge in [0.2, 0.25) is 0 Å². The number of rotatable bonds is 7. The van der Waals surface area contributed by atoms with Crippen LogP contribution in [0.4, 0.5) is 0 Å². The van der Waals surface area contributed by atoms with Crippen LogP contribution in [0, 0.1) is 6.92 Å². The standard InChI is InChI=1S/C30H25N3O5S.C4H10O/c1-16-13-22-28(39-30(33-22)29(36)32-15-17-3-5-19(37-2)6-4-17)26(21(16)14-24(34)35)20-7-8-23-25-18(10-12-38-23)9-11-31-27(20)25;1-4(2,3)5/h3-9,11,13H,10,12,14-15H2,1-2H3,(H,32,36)(H,34,35);5H,1-3H3. The molecule has 9 nitrogen and oxygen atoms in total. The molecule has 5 aromatic rings. The summed E-state index contributed by atoms with van der Waals surface area (Å²) in [4.78, 5) is 34.4. The number of aromatic nitrogens is 2. The first-order valence-corrected chi connectivity index (χ1v) is 15.1. The number of pyridine rings is 1. The summed E-state index contributed by atoms with van der Waals surface area (Å²) < 4.78 is 11.9. The second kappa shape index (κ2) is 12.6. The maximum absolute atomic E-state index is 13.1. The molecule has 10 heteroatoms. The molecule has 1 aliphatic rings. The van der Waals surface area contributed by atoms with Gasteiger partial charge in [0.25, 0.3) is 5.91 Å². The van der Waals surface area contributed by atoms with Crippen molar-refractivity contribution in [3.05, 3.63) is 82.0 Å². The van der Waals surface area contributed by atoms with E-state index in [1.807, 2.05) is 55.5 Å². The van der Waals surface area contributed by atoms with E-state index in [9.17, 15) is 14.7 Å². The number of nitrogens with one attached hydrogen (secondary N) is 1. The van der Waals surface area contributed by atoms with E-state index in [4.69, 9.17) is 19.6 Å². The number of aliphatic carboxylic acids is 1. The number of ether oxygens (including phenoxy) is 2. The number of carboxylic acids is 1. The summed E-state index contributed by atoms with van der Waals surface area (Å²) in [5, 5.41) is 22.5. The maximum Gasteiger partial charge on any atom is 0.307 e. The van der Waals surface area contributed by atoms with Crippen molar-refractivity contribution >= 4 is 44.3 Å². The van der Waals surface area contributed by atoms with Crippen molar-refractivity contribution < 1.29 is 29.3 Å². The number of carbonyl (C=O) groups is 2. The van der Waals surface area contributed by atoms with Crippen LogP contribution in [0.2, 0.25) is 0 Å². The molecule has 0 radical (unpaired) electrons. The number of carboxylic acid groups (broad SMARTS) is 1. The molecule has 0 spiro atoms. The highest BCUT2D eigenvalue weighted by Gasteiger charge is 2.24. The smallest absolute Gasteiger partial charge is 0.307 e. The molecular weight excluding hydrogens is 578 g/mol. The maximum atomic E-state index is 13.1. The van der Waals surface area contributed by atoms with E-state index >= 15 is 0 Å². The Morgan fingerprint density at radius 2 is 1.84 bits per heavy atom. The summed E-state index contributed by atoms with van der Waals surface area (Å²) in [6, 6.07) is 15.2. The van der Waals surface area contributed by atoms with Gasteiger partial charge in [-0.1, -0.05) is 12.1 Å². The lowest BCUT2D eigenvalue weighted by atomic mass is 9.90. The van der Waals surface area contributed by atoms with E-state index in [1.165, 1.54) is 11.3 Å². The van der Waals surface area contributed by atoms with Crippen LogP contribution in [0.25, 0.3) is 32.2 Å². The van der Waals surface area contributed by atoms with Gasteiger partial charge in [0, 0.05) is 35.7 Å². The number of methoxy groups -OCH3 is 1. The van der Waals surface area contributed by atoms with E-state index in [2.05, 4.69) is 10.3 Å². The third kappa shape index (κ3) is 6.82. The zero-order valence-electron chi connectivity index (χ0n) is 25.4. The van der Waals surface area contributed by atoms with Crippen LogP contribution < -0.4 is 14.8 Å². The zero-order valence-corrected chi connectivity index (χ0v) is 26.2. The molecule has 1 amide bonds.